The molecule has 1 rings (SSSR count). The standard InChI is InChI=1S/C7H10N4O.Y/c1-4(12)5-3-10-7(8)11-6(5)9-2;/h3H,1-2H3,(H3,8,9,10,11,12);/p-1. The van der Waals surface area contributed by atoms with Crippen LogP contribution in [0.5, 0.6) is 0 Å². The van der Waals surface area contributed by atoms with Crippen LogP contribution in [0, 0.1) is 0 Å². The first-order valence-corrected chi connectivity index (χ1v) is 3.42. The van der Waals surface area contributed by atoms with Gasteiger partial charge in [-0.15, -0.1) is 0 Å². The second kappa shape index (κ2) is 5.24. The molecule has 0 amide bonds. The minimum absolute atomic E-state index is 0. The Kier molecular flexibility index (Phi) is 5.02. The molecular formula is C7H9N4OY-. The van der Waals surface area contributed by atoms with E-state index < -0.39 is 0 Å². The number of nitrogens with zero attached hydrogens (tertiary/aromatic N) is 2. The van der Waals surface area contributed by atoms with Gasteiger partial charge in [-0.2, -0.15) is 0 Å². The van der Waals surface area contributed by atoms with Gasteiger partial charge in [-0.05, 0) is 13.1 Å². The molecule has 0 aliphatic heterocycles. The van der Waals surface area contributed by atoms with Crippen LogP contribution in [0.2, 0.25) is 0 Å². The van der Waals surface area contributed by atoms with Crippen molar-refractivity contribution in [1.82, 2.24) is 9.97 Å². The number of hydrogen-bond donors (Lipinski definition) is 1. The Morgan fingerprint density at radius 2 is 2.23 bits per heavy atom. The molecule has 2 N–H and O–H groups in total. The molecule has 0 spiro atoms. The van der Waals surface area contributed by atoms with Crippen LogP contribution < -0.4 is 5.32 Å². The number of carbonyl (C=O) groups is 1. The maximum absolute atomic E-state index is 11.0. The Bertz CT molecular complexity index is 315. The van der Waals surface area contributed by atoms with Crippen LogP contribution in [0.4, 0.5) is 11.8 Å². The van der Waals surface area contributed by atoms with E-state index in [1.54, 1.807) is 7.05 Å². The summed E-state index contributed by atoms with van der Waals surface area (Å²) in [5.41, 5.74) is 7.51. The fraction of sp³-hybridized carbons (Fsp3) is 0.286. The van der Waals surface area contributed by atoms with Gasteiger partial charge in [0.1, 0.15) is 0 Å². The fourth-order valence-corrected chi connectivity index (χ4v) is 0.830. The number of nitrogens with one attached hydrogen (secondary N) is 2. The van der Waals surface area contributed by atoms with Gasteiger partial charge in [0.2, 0.25) is 0 Å². The van der Waals surface area contributed by atoms with Crippen molar-refractivity contribution in [3.05, 3.63) is 17.5 Å². The second-order valence-electron chi connectivity index (χ2n) is 2.26. The first-order chi connectivity index (χ1) is 5.65. The van der Waals surface area contributed by atoms with Crippen LogP contribution in [-0.2, 0) is 32.7 Å². The predicted octanol–water partition coefficient (Wildman–Crippen LogP) is 1.40. The van der Waals surface area contributed by atoms with E-state index in [0.29, 0.717) is 11.4 Å². The molecule has 1 aromatic heterocycles. The molecule has 5 nitrogen and oxygen atoms in total. The normalized spacial score (nSPS) is 8.77. The van der Waals surface area contributed by atoms with Gasteiger partial charge in [-0.25, -0.2) is 0 Å². The summed E-state index contributed by atoms with van der Waals surface area (Å²) in [6, 6.07) is 0. The molecule has 0 aromatic carbocycles. The molecular weight excluding hydrogens is 245 g/mol. The molecule has 1 aromatic rings. The van der Waals surface area contributed by atoms with Gasteiger partial charge in [0, 0.05) is 51.3 Å². The van der Waals surface area contributed by atoms with E-state index in [0.717, 1.165) is 0 Å². The molecule has 0 aliphatic carbocycles. The fourth-order valence-electron chi connectivity index (χ4n) is 0.830. The molecule has 1 radical (unpaired) electrons. The first-order valence-electron chi connectivity index (χ1n) is 3.42. The van der Waals surface area contributed by atoms with Crippen molar-refractivity contribution < 1.29 is 37.5 Å². The smallest absolute Gasteiger partial charge is 0.162 e. The van der Waals surface area contributed by atoms with Gasteiger partial charge in [-0.3, -0.25) is 4.79 Å². The third-order valence-corrected chi connectivity index (χ3v) is 1.40. The van der Waals surface area contributed by atoms with Crippen molar-refractivity contribution in [2.45, 2.75) is 6.92 Å². The monoisotopic (exact) mass is 254 g/mol. The largest absolute Gasteiger partial charge is 0.410 e. The number of anilines is 1. The van der Waals surface area contributed by atoms with Crippen LogP contribution in [-0.4, -0.2) is 22.8 Å². The van der Waals surface area contributed by atoms with E-state index >= 15 is 0 Å². The Balaban J connectivity index is 0.00000144. The number of ketones is 1. The molecule has 1 heterocycles. The van der Waals surface area contributed by atoms with Gasteiger partial charge in [0.25, 0.3) is 0 Å². The van der Waals surface area contributed by atoms with E-state index in [4.69, 9.17) is 5.73 Å². The number of Topliss-reactive ketones (excluding diaryl/α,β-unsaturated/α-hetero) is 1. The van der Waals surface area contributed by atoms with Gasteiger partial charge >= 0.3 is 0 Å². The van der Waals surface area contributed by atoms with Crippen molar-refractivity contribution in [3.8, 4) is 0 Å². The summed E-state index contributed by atoms with van der Waals surface area (Å²) in [5, 5.41) is 2.73. The van der Waals surface area contributed by atoms with E-state index in [2.05, 4.69) is 15.3 Å². The van der Waals surface area contributed by atoms with Crippen LogP contribution in [0.3, 0.4) is 0 Å². The molecule has 0 bridgehead atoms. The topological polar surface area (TPSA) is 78.7 Å². The summed E-state index contributed by atoms with van der Waals surface area (Å²) in [7, 11) is 1.65. The molecule has 6 heteroatoms. The molecule has 0 fully saturated rings. The van der Waals surface area contributed by atoms with Crippen LogP contribution >= 0.6 is 0 Å². The zero-order chi connectivity index (χ0) is 9.14. The summed E-state index contributed by atoms with van der Waals surface area (Å²) < 4.78 is 0. The van der Waals surface area contributed by atoms with Crippen molar-refractivity contribution >= 4 is 17.5 Å². The first kappa shape index (κ1) is 12.5. The zero-order valence-electron chi connectivity index (χ0n) is 7.46. The summed E-state index contributed by atoms with van der Waals surface area (Å²) in [6.45, 7) is 1.43. The van der Waals surface area contributed by atoms with Crippen molar-refractivity contribution in [2.75, 3.05) is 12.4 Å². The summed E-state index contributed by atoms with van der Waals surface area (Å²) in [5.74, 6) is 0.200. The van der Waals surface area contributed by atoms with Gasteiger partial charge in [0.15, 0.2) is 5.78 Å². The number of carbonyl (C=O) groups excluding carboxylic acids is 1. The summed E-state index contributed by atoms with van der Waals surface area (Å²) >= 11 is 0. The van der Waals surface area contributed by atoms with Crippen molar-refractivity contribution in [2.24, 2.45) is 0 Å². The maximum Gasteiger partial charge on any atom is 0.162 e. The Morgan fingerprint density at radius 3 is 2.69 bits per heavy atom. The average Bonchev–Trinajstić information content (AvgIpc) is 2.03. The SMILES string of the molecule is CNc1nc([NH-])ncc1C(C)=O.[Y]. The molecule has 0 unspecified atom stereocenters. The van der Waals surface area contributed by atoms with E-state index in [1.807, 2.05) is 0 Å². The molecule has 0 saturated heterocycles. The summed E-state index contributed by atoms with van der Waals surface area (Å²) in [4.78, 5) is 18.3. The average molecular weight is 254 g/mol. The van der Waals surface area contributed by atoms with Crippen LogP contribution in [0.15, 0.2) is 6.20 Å². The Labute approximate surface area is 101 Å². The third-order valence-electron chi connectivity index (χ3n) is 1.40. The number of hydrogen-bond acceptors (Lipinski definition) is 4. The number of rotatable bonds is 2. The molecule has 67 valence electrons. The maximum atomic E-state index is 11.0. The third kappa shape index (κ3) is 3.01. The van der Waals surface area contributed by atoms with Gasteiger partial charge in [-0.1, -0.05) is 0 Å². The molecule has 0 aliphatic rings. The van der Waals surface area contributed by atoms with E-state index in [9.17, 15) is 4.79 Å². The minimum atomic E-state index is -0.112. The molecule has 0 saturated carbocycles. The zero-order valence-corrected chi connectivity index (χ0v) is 10.3. The predicted molar refractivity (Wildman–Crippen MR) is 45.6 cm³/mol. The van der Waals surface area contributed by atoms with E-state index in [1.165, 1.54) is 13.1 Å². The summed E-state index contributed by atoms with van der Waals surface area (Å²) in [6.07, 6.45) is 1.35. The minimum Gasteiger partial charge on any atom is -0.410 e. The van der Waals surface area contributed by atoms with E-state index in [-0.39, 0.29) is 44.4 Å². The van der Waals surface area contributed by atoms with Crippen LogP contribution in [0.25, 0.3) is 5.73 Å². The van der Waals surface area contributed by atoms with Gasteiger partial charge in [0.05, 0.1) is 5.82 Å². The van der Waals surface area contributed by atoms with Crippen molar-refractivity contribution in [3.63, 3.8) is 0 Å². The second-order valence-corrected chi connectivity index (χ2v) is 2.26. The Hall–Kier alpha value is -0.546. The van der Waals surface area contributed by atoms with Gasteiger partial charge < -0.3 is 21.0 Å². The van der Waals surface area contributed by atoms with Crippen LogP contribution in [0.1, 0.15) is 17.3 Å². The number of aromatic nitrogens is 2. The molecule has 13 heavy (non-hydrogen) atoms. The quantitative estimate of drug-likeness (QED) is 0.809. The Morgan fingerprint density at radius 1 is 1.62 bits per heavy atom. The molecule has 0 atom stereocenters. The van der Waals surface area contributed by atoms with Crippen molar-refractivity contribution in [1.29, 1.82) is 0 Å².